The van der Waals surface area contributed by atoms with Gasteiger partial charge in [0.05, 0.1) is 23.1 Å². The van der Waals surface area contributed by atoms with E-state index in [1.54, 1.807) is 12.3 Å². The lowest BCUT2D eigenvalue weighted by atomic mass is 9.78. The van der Waals surface area contributed by atoms with Crippen LogP contribution in [0.4, 0.5) is 5.69 Å². The van der Waals surface area contributed by atoms with Crippen molar-refractivity contribution in [1.29, 1.82) is 0 Å². The van der Waals surface area contributed by atoms with Gasteiger partial charge in [-0.1, -0.05) is 12.8 Å². The predicted molar refractivity (Wildman–Crippen MR) is 79.4 cm³/mol. The van der Waals surface area contributed by atoms with Crippen molar-refractivity contribution >= 4 is 11.6 Å². The van der Waals surface area contributed by atoms with Gasteiger partial charge in [0.15, 0.2) is 0 Å². The molecule has 1 aliphatic heterocycles. The highest BCUT2D eigenvalue weighted by Gasteiger charge is 2.36. The number of likely N-dealkylation sites (tertiary alicyclic amines) is 1. The zero-order chi connectivity index (χ0) is 14.1. The van der Waals surface area contributed by atoms with Crippen LogP contribution in [0.2, 0.25) is 0 Å². The van der Waals surface area contributed by atoms with Crippen molar-refractivity contribution in [3.8, 4) is 0 Å². The first-order valence-electron chi connectivity index (χ1n) is 7.70. The molecule has 3 rings (SSSR count). The van der Waals surface area contributed by atoms with Gasteiger partial charge in [-0.25, -0.2) is 0 Å². The lowest BCUT2D eigenvalue weighted by molar-refractivity contribution is 0.0389. The van der Waals surface area contributed by atoms with Gasteiger partial charge in [0.25, 0.3) is 5.91 Å². The molecule has 1 saturated carbocycles. The zero-order valence-electron chi connectivity index (χ0n) is 12.1. The third kappa shape index (κ3) is 2.39. The first-order chi connectivity index (χ1) is 9.66. The molecule has 2 aliphatic rings. The molecule has 1 saturated heterocycles. The Morgan fingerprint density at radius 1 is 1.30 bits per heavy atom. The van der Waals surface area contributed by atoms with Crippen LogP contribution in [0.3, 0.4) is 0 Å². The highest BCUT2D eigenvalue weighted by Crippen LogP contribution is 2.36. The van der Waals surface area contributed by atoms with Gasteiger partial charge < -0.3 is 10.6 Å². The summed E-state index contributed by atoms with van der Waals surface area (Å²) in [6.45, 7) is 2.77. The molecule has 2 heterocycles. The number of piperidine rings is 1. The molecule has 1 aliphatic carbocycles. The number of fused-ring (bicyclic) bond motifs is 1. The second-order valence-electron chi connectivity index (χ2n) is 6.15. The van der Waals surface area contributed by atoms with Gasteiger partial charge >= 0.3 is 0 Å². The number of aryl methyl sites for hydroxylation is 1. The molecule has 0 spiro atoms. The standard InChI is InChI=1S/C16H23N3O/c1-11-14(9-13(17)10-18-11)16(20)19-8-4-6-12-5-2-3-7-15(12)19/h9-10,12,15H,2-8,17H2,1H3/t12-,15-/m1/s1. The molecule has 108 valence electrons. The van der Waals surface area contributed by atoms with E-state index in [0.29, 0.717) is 23.2 Å². The van der Waals surface area contributed by atoms with Crippen LogP contribution in [0.5, 0.6) is 0 Å². The van der Waals surface area contributed by atoms with E-state index >= 15 is 0 Å². The quantitative estimate of drug-likeness (QED) is 0.856. The summed E-state index contributed by atoms with van der Waals surface area (Å²) in [6.07, 6.45) is 9.03. The Morgan fingerprint density at radius 2 is 2.05 bits per heavy atom. The third-order valence-corrected chi connectivity index (χ3v) is 4.84. The number of nitrogens with two attached hydrogens (primary N) is 1. The Labute approximate surface area is 120 Å². The number of rotatable bonds is 1. The SMILES string of the molecule is Cc1ncc(N)cc1C(=O)N1CCC[C@H]2CCCC[C@H]21. The first-order valence-corrected chi connectivity index (χ1v) is 7.70. The summed E-state index contributed by atoms with van der Waals surface area (Å²) in [6, 6.07) is 2.21. The van der Waals surface area contributed by atoms with Crippen LogP contribution < -0.4 is 5.73 Å². The molecule has 4 nitrogen and oxygen atoms in total. The van der Waals surface area contributed by atoms with Gasteiger partial charge in [0.1, 0.15) is 0 Å². The van der Waals surface area contributed by atoms with Crippen molar-refractivity contribution in [3.05, 3.63) is 23.5 Å². The number of amides is 1. The van der Waals surface area contributed by atoms with Gasteiger partial charge in [-0.15, -0.1) is 0 Å². The van der Waals surface area contributed by atoms with Crippen LogP contribution in [0.15, 0.2) is 12.3 Å². The summed E-state index contributed by atoms with van der Waals surface area (Å²) < 4.78 is 0. The van der Waals surface area contributed by atoms with Crippen LogP contribution in [0, 0.1) is 12.8 Å². The molecule has 0 bridgehead atoms. The number of hydrogen-bond donors (Lipinski definition) is 1. The average molecular weight is 273 g/mol. The number of carbonyl (C=O) groups is 1. The van der Waals surface area contributed by atoms with Gasteiger partial charge in [-0.3, -0.25) is 9.78 Å². The van der Waals surface area contributed by atoms with Crippen molar-refractivity contribution in [2.75, 3.05) is 12.3 Å². The monoisotopic (exact) mass is 273 g/mol. The minimum Gasteiger partial charge on any atom is -0.397 e. The molecule has 0 unspecified atom stereocenters. The molecule has 0 aromatic carbocycles. The average Bonchev–Trinajstić information content (AvgIpc) is 2.48. The number of nitrogens with zero attached hydrogens (tertiary/aromatic N) is 2. The van der Waals surface area contributed by atoms with E-state index in [-0.39, 0.29) is 5.91 Å². The van der Waals surface area contributed by atoms with E-state index in [2.05, 4.69) is 9.88 Å². The molecule has 4 heteroatoms. The fraction of sp³-hybridized carbons (Fsp3) is 0.625. The molecule has 1 aromatic heterocycles. The number of hydrogen-bond acceptors (Lipinski definition) is 3. The summed E-state index contributed by atoms with van der Waals surface area (Å²) in [4.78, 5) is 19.2. The molecule has 2 N–H and O–H groups in total. The van der Waals surface area contributed by atoms with Crippen molar-refractivity contribution in [2.24, 2.45) is 5.92 Å². The summed E-state index contributed by atoms with van der Waals surface area (Å²) in [5.74, 6) is 0.828. The van der Waals surface area contributed by atoms with Crippen LogP contribution in [-0.2, 0) is 0 Å². The number of carbonyl (C=O) groups excluding carboxylic acids is 1. The molecular weight excluding hydrogens is 250 g/mol. The maximum Gasteiger partial charge on any atom is 0.256 e. The van der Waals surface area contributed by atoms with Crippen LogP contribution in [0.25, 0.3) is 0 Å². The second kappa shape index (κ2) is 5.43. The van der Waals surface area contributed by atoms with Crippen molar-refractivity contribution < 1.29 is 4.79 Å². The Morgan fingerprint density at radius 3 is 2.90 bits per heavy atom. The van der Waals surface area contributed by atoms with Gasteiger partial charge in [0, 0.05) is 12.6 Å². The fourth-order valence-electron chi connectivity index (χ4n) is 3.80. The van der Waals surface area contributed by atoms with Crippen LogP contribution >= 0.6 is 0 Å². The van der Waals surface area contributed by atoms with Crippen LogP contribution in [-0.4, -0.2) is 28.4 Å². The van der Waals surface area contributed by atoms with Crippen molar-refractivity contribution in [3.63, 3.8) is 0 Å². The fourth-order valence-corrected chi connectivity index (χ4v) is 3.80. The number of nitrogen functional groups attached to an aromatic ring is 1. The van der Waals surface area contributed by atoms with E-state index in [1.807, 2.05) is 6.92 Å². The van der Waals surface area contributed by atoms with E-state index in [1.165, 1.54) is 25.7 Å². The molecular formula is C16H23N3O. The summed E-state index contributed by atoms with van der Waals surface area (Å²) in [5.41, 5.74) is 7.82. The Balaban J connectivity index is 1.87. The lowest BCUT2D eigenvalue weighted by Gasteiger charge is -2.44. The minimum absolute atomic E-state index is 0.124. The van der Waals surface area contributed by atoms with Gasteiger partial charge in [0.2, 0.25) is 0 Å². The maximum atomic E-state index is 12.9. The Kier molecular flexibility index (Phi) is 3.64. The predicted octanol–water partition coefficient (Wildman–Crippen LogP) is 2.77. The lowest BCUT2D eigenvalue weighted by Crippen LogP contribution is -2.49. The van der Waals surface area contributed by atoms with E-state index < -0.39 is 0 Å². The topological polar surface area (TPSA) is 59.2 Å². The molecule has 20 heavy (non-hydrogen) atoms. The van der Waals surface area contributed by atoms with Gasteiger partial charge in [-0.05, 0) is 44.6 Å². The smallest absolute Gasteiger partial charge is 0.256 e. The number of aromatic nitrogens is 1. The van der Waals surface area contributed by atoms with E-state index in [9.17, 15) is 4.79 Å². The van der Waals surface area contributed by atoms with E-state index in [0.717, 1.165) is 25.1 Å². The Bertz CT molecular complexity index is 512. The minimum atomic E-state index is 0.124. The zero-order valence-corrected chi connectivity index (χ0v) is 12.1. The molecule has 2 fully saturated rings. The van der Waals surface area contributed by atoms with Crippen LogP contribution in [0.1, 0.15) is 54.6 Å². The molecule has 1 aromatic rings. The molecule has 1 amide bonds. The first kappa shape index (κ1) is 13.4. The highest BCUT2D eigenvalue weighted by atomic mass is 16.2. The largest absolute Gasteiger partial charge is 0.397 e. The van der Waals surface area contributed by atoms with Crippen molar-refractivity contribution in [2.45, 2.75) is 51.5 Å². The Hall–Kier alpha value is -1.58. The van der Waals surface area contributed by atoms with Gasteiger partial charge in [-0.2, -0.15) is 0 Å². The second-order valence-corrected chi connectivity index (χ2v) is 6.15. The van der Waals surface area contributed by atoms with Crippen molar-refractivity contribution in [1.82, 2.24) is 9.88 Å². The summed E-state index contributed by atoms with van der Waals surface area (Å²) in [5, 5.41) is 0. The molecule has 0 radical (unpaired) electrons. The normalized spacial score (nSPS) is 26.1. The summed E-state index contributed by atoms with van der Waals surface area (Å²) in [7, 11) is 0. The highest BCUT2D eigenvalue weighted by molar-refractivity contribution is 5.96. The third-order valence-electron chi connectivity index (χ3n) is 4.84. The maximum absolute atomic E-state index is 12.9. The molecule has 2 atom stereocenters. The summed E-state index contributed by atoms with van der Waals surface area (Å²) >= 11 is 0. The van der Waals surface area contributed by atoms with E-state index in [4.69, 9.17) is 5.73 Å². The number of pyridine rings is 1. The number of anilines is 1.